The van der Waals surface area contributed by atoms with Gasteiger partial charge in [0.15, 0.2) is 8.68 Å². The molecule has 0 fully saturated rings. The molecule has 140 valence electrons. The predicted molar refractivity (Wildman–Crippen MR) is 111 cm³/mol. The fourth-order valence-electron chi connectivity index (χ4n) is 2.35. The summed E-state index contributed by atoms with van der Waals surface area (Å²) in [6.45, 7) is 3.95. The van der Waals surface area contributed by atoms with Gasteiger partial charge in [-0.3, -0.25) is 4.79 Å². The van der Waals surface area contributed by atoms with Gasteiger partial charge in [-0.05, 0) is 42.7 Å². The van der Waals surface area contributed by atoms with E-state index in [1.807, 2.05) is 32.0 Å². The molecule has 0 saturated heterocycles. The average Bonchev–Trinajstić information content (AvgIpc) is 3.11. The number of halogens is 1. The summed E-state index contributed by atoms with van der Waals surface area (Å²) in [5.74, 6) is 0.683. The van der Waals surface area contributed by atoms with Gasteiger partial charge in [0.1, 0.15) is 5.82 Å². The van der Waals surface area contributed by atoms with Crippen LogP contribution in [0.25, 0.3) is 0 Å². The molecule has 27 heavy (non-hydrogen) atoms. The maximum absolute atomic E-state index is 12.9. The van der Waals surface area contributed by atoms with Crippen LogP contribution in [-0.2, 0) is 10.5 Å². The van der Waals surface area contributed by atoms with Crippen molar-refractivity contribution in [2.24, 2.45) is 0 Å². The number of rotatable bonds is 7. The number of carbonyl (C=O) groups excluding carboxylic acids is 1. The zero-order valence-corrected chi connectivity index (χ0v) is 17.3. The van der Waals surface area contributed by atoms with Crippen LogP contribution in [-0.4, -0.2) is 21.9 Å². The van der Waals surface area contributed by atoms with Gasteiger partial charge in [-0.15, -0.1) is 10.2 Å². The molecule has 0 unspecified atom stereocenters. The third-order valence-electron chi connectivity index (χ3n) is 3.74. The standard InChI is InChI=1S/C19H18FN3OS3/c1-12-4-3-5-13(2)17(12)21-16(24)11-26-19-23-22-18(27-19)25-10-14-6-8-15(20)9-7-14/h3-9H,10-11H2,1-2H3,(H,21,24). The first-order chi connectivity index (χ1) is 13.0. The Kier molecular flexibility index (Phi) is 6.87. The van der Waals surface area contributed by atoms with Crippen molar-refractivity contribution in [3.63, 3.8) is 0 Å². The summed E-state index contributed by atoms with van der Waals surface area (Å²) in [6, 6.07) is 12.4. The van der Waals surface area contributed by atoms with Crippen LogP contribution in [0.3, 0.4) is 0 Å². The van der Waals surface area contributed by atoms with E-state index in [0.717, 1.165) is 31.1 Å². The first-order valence-electron chi connectivity index (χ1n) is 8.21. The third kappa shape index (κ3) is 5.79. The molecule has 0 bridgehead atoms. The van der Waals surface area contributed by atoms with Crippen molar-refractivity contribution in [3.05, 3.63) is 65.0 Å². The highest BCUT2D eigenvalue weighted by molar-refractivity contribution is 8.03. The fraction of sp³-hybridized carbons (Fsp3) is 0.211. The number of hydrogen-bond acceptors (Lipinski definition) is 6. The smallest absolute Gasteiger partial charge is 0.234 e. The van der Waals surface area contributed by atoms with E-state index in [0.29, 0.717) is 5.75 Å². The number of aryl methyl sites for hydroxylation is 2. The first kappa shape index (κ1) is 19.9. The normalized spacial score (nSPS) is 10.8. The molecule has 0 radical (unpaired) electrons. The highest BCUT2D eigenvalue weighted by atomic mass is 32.2. The number of nitrogens with zero attached hydrogens (tertiary/aromatic N) is 2. The van der Waals surface area contributed by atoms with E-state index in [1.165, 1.54) is 35.2 Å². The van der Waals surface area contributed by atoms with Crippen LogP contribution in [0.2, 0.25) is 0 Å². The molecule has 3 rings (SSSR count). The molecule has 0 aliphatic heterocycles. The predicted octanol–water partition coefficient (Wildman–Crippen LogP) is 5.32. The van der Waals surface area contributed by atoms with Crippen molar-refractivity contribution in [1.29, 1.82) is 0 Å². The van der Waals surface area contributed by atoms with E-state index >= 15 is 0 Å². The minimum atomic E-state index is -0.238. The van der Waals surface area contributed by atoms with Crippen molar-refractivity contribution in [1.82, 2.24) is 10.2 Å². The lowest BCUT2D eigenvalue weighted by Crippen LogP contribution is -2.15. The summed E-state index contributed by atoms with van der Waals surface area (Å²) in [5.41, 5.74) is 3.99. The van der Waals surface area contributed by atoms with Crippen LogP contribution < -0.4 is 5.32 Å². The molecule has 0 aliphatic carbocycles. The number of carbonyl (C=O) groups is 1. The second-order valence-corrected chi connectivity index (χ2v) is 9.28. The second-order valence-electron chi connectivity index (χ2n) is 5.85. The number of amides is 1. The van der Waals surface area contributed by atoms with Crippen molar-refractivity contribution in [2.45, 2.75) is 28.3 Å². The van der Waals surface area contributed by atoms with Gasteiger partial charge in [0.25, 0.3) is 0 Å². The highest BCUT2D eigenvalue weighted by Crippen LogP contribution is 2.31. The van der Waals surface area contributed by atoms with E-state index in [9.17, 15) is 9.18 Å². The molecule has 8 heteroatoms. The topological polar surface area (TPSA) is 54.9 Å². The molecule has 0 spiro atoms. The number of benzene rings is 2. The molecular formula is C19H18FN3OS3. The highest BCUT2D eigenvalue weighted by Gasteiger charge is 2.11. The fourth-order valence-corrected chi connectivity index (χ4v) is 5.13. The van der Waals surface area contributed by atoms with Crippen LogP contribution in [0.4, 0.5) is 10.1 Å². The van der Waals surface area contributed by atoms with E-state index in [-0.39, 0.29) is 17.5 Å². The monoisotopic (exact) mass is 419 g/mol. The summed E-state index contributed by atoms with van der Waals surface area (Å²) in [7, 11) is 0. The Labute approximate surface area is 170 Å². The first-order valence-corrected chi connectivity index (χ1v) is 11.0. The lowest BCUT2D eigenvalue weighted by molar-refractivity contribution is -0.113. The van der Waals surface area contributed by atoms with Gasteiger partial charge in [-0.2, -0.15) is 0 Å². The maximum atomic E-state index is 12.9. The van der Waals surface area contributed by atoms with Gasteiger partial charge >= 0.3 is 0 Å². The molecule has 1 heterocycles. The number of para-hydroxylation sites is 1. The summed E-state index contributed by atoms with van der Waals surface area (Å²) < 4.78 is 14.5. The van der Waals surface area contributed by atoms with E-state index in [1.54, 1.807) is 23.9 Å². The summed E-state index contributed by atoms with van der Waals surface area (Å²) in [4.78, 5) is 12.2. The van der Waals surface area contributed by atoms with E-state index < -0.39 is 0 Å². The number of hydrogen-bond donors (Lipinski definition) is 1. The third-order valence-corrected chi connectivity index (χ3v) is 7.00. The number of nitrogens with one attached hydrogen (secondary N) is 1. The Balaban J connectivity index is 1.49. The quantitative estimate of drug-likeness (QED) is 0.526. The van der Waals surface area contributed by atoms with E-state index in [4.69, 9.17) is 0 Å². The number of anilines is 1. The maximum Gasteiger partial charge on any atom is 0.234 e. The SMILES string of the molecule is Cc1cccc(C)c1NC(=O)CSc1nnc(SCc2ccc(F)cc2)s1. The Hall–Kier alpha value is -1.90. The van der Waals surface area contributed by atoms with E-state index in [2.05, 4.69) is 15.5 Å². The molecule has 1 aromatic heterocycles. The van der Waals surface area contributed by atoms with Crippen LogP contribution in [0.5, 0.6) is 0 Å². The van der Waals surface area contributed by atoms with Crippen LogP contribution in [0.1, 0.15) is 16.7 Å². The summed E-state index contributed by atoms with van der Waals surface area (Å²) >= 11 is 4.38. The van der Waals surface area contributed by atoms with Crippen molar-refractivity contribution in [2.75, 3.05) is 11.1 Å². The van der Waals surface area contributed by atoms with Gasteiger partial charge in [0.2, 0.25) is 5.91 Å². The Morgan fingerprint density at radius 2 is 1.67 bits per heavy atom. The molecule has 1 amide bonds. The zero-order chi connectivity index (χ0) is 19.2. The summed E-state index contributed by atoms with van der Waals surface area (Å²) in [6.07, 6.45) is 0. The van der Waals surface area contributed by atoms with Crippen molar-refractivity contribution < 1.29 is 9.18 Å². The minimum Gasteiger partial charge on any atom is -0.325 e. The largest absolute Gasteiger partial charge is 0.325 e. The molecule has 0 aliphatic rings. The molecule has 1 N–H and O–H groups in total. The average molecular weight is 420 g/mol. The van der Waals surface area contributed by atoms with Crippen LogP contribution >= 0.6 is 34.9 Å². The summed E-state index contributed by atoms with van der Waals surface area (Å²) in [5, 5.41) is 11.2. The molecule has 2 aromatic carbocycles. The van der Waals surface area contributed by atoms with Gasteiger partial charge in [0.05, 0.1) is 5.75 Å². The van der Waals surface area contributed by atoms with Gasteiger partial charge in [-0.1, -0.05) is 65.2 Å². The minimum absolute atomic E-state index is 0.0619. The zero-order valence-electron chi connectivity index (χ0n) is 14.9. The lowest BCUT2D eigenvalue weighted by atomic mass is 10.1. The lowest BCUT2D eigenvalue weighted by Gasteiger charge is -2.10. The van der Waals surface area contributed by atoms with Crippen LogP contribution in [0, 0.1) is 19.7 Å². The Morgan fingerprint density at radius 3 is 2.33 bits per heavy atom. The molecule has 4 nitrogen and oxygen atoms in total. The molecule has 3 aromatic rings. The van der Waals surface area contributed by atoms with Crippen molar-refractivity contribution in [3.8, 4) is 0 Å². The molecule has 0 saturated carbocycles. The Bertz CT molecular complexity index is 908. The van der Waals surface area contributed by atoms with Crippen LogP contribution in [0.15, 0.2) is 51.1 Å². The van der Waals surface area contributed by atoms with Gasteiger partial charge in [0, 0.05) is 11.4 Å². The molecular weight excluding hydrogens is 401 g/mol. The number of thioether (sulfide) groups is 2. The second kappa shape index (κ2) is 9.34. The number of aromatic nitrogens is 2. The van der Waals surface area contributed by atoms with Crippen molar-refractivity contribution >= 4 is 46.5 Å². The van der Waals surface area contributed by atoms with Gasteiger partial charge in [-0.25, -0.2) is 4.39 Å². The molecule has 0 atom stereocenters. The van der Waals surface area contributed by atoms with Gasteiger partial charge < -0.3 is 5.32 Å². The Morgan fingerprint density at radius 1 is 1.04 bits per heavy atom.